The van der Waals surface area contributed by atoms with Crippen molar-refractivity contribution < 1.29 is 23.9 Å². The molecule has 0 aromatic rings. The first-order valence-electron chi connectivity index (χ1n) is 8.34. The fourth-order valence-electron chi connectivity index (χ4n) is 2.24. The Labute approximate surface area is 173 Å². The SMILES string of the molecule is CC(C(=N)C(=O)OC(C)(C)C)C(=O)N1CCCC(C(=O)OCC(Cl)(Cl)Cl)N1. The molecule has 154 valence electrons. The molecule has 1 aliphatic heterocycles. The van der Waals surface area contributed by atoms with Crippen LogP contribution in [-0.2, 0) is 23.9 Å². The van der Waals surface area contributed by atoms with Gasteiger partial charge in [-0.1, -0.05) is 34.8 Å². The van der Waals surface area contributed by atoms with Gasteiger partial charge in [0.15, 0.2) is 0 Å². The van der Waals surface area contributed by atoms with Crippen molar-refractivity contribution in [2.24, 2.45) is 5.92 Å². The van der Waals surface area contributed by atoms with Gasteiger partial charge in [0, 0.05) is 6.54 Å². The maximum Gasteiger partial charge on any atom is 0.353 e. The maximum atomic E-state index is 12.6. The second-order valence-corrected chi connectivity index (χ2v) is 9.69. The van der Waals surface area contributed by atoms with Crippen LogP contribution in [0, 0.1) is 11.3 Å². The van der Waals surface area contributed by atoms with E-state index in [1.54, 1.807) is 20.8 Å². The summed E-state index contributed by atoms with van der Waals surface area (Å²) in [6.07, 6.45) is 0.957. The van der Waals surface area contributed by atoms with Gasteiger partial charge in [0.05, 0.1) is 5.92 Å². The Morgan fingerprint density at radius 2 is 1.85 bits per heavy atom. The number of carbonyl (C=O) groups is 3. The topological polar surface area (TPSA) is 109 Å². The molecule has 1 saturated heterocycles. The fourth-order valence-corrected chi connectivity index (χ4v) is 2.40. The van der Waals surface area contributed by atoms with Gasteiger partial charge in [0.1, 0.15) is 24.0 Å². The minimum absolute atomic E-state index is 0.318. The zero-order valence-electron chi connectivity index (χ0n) is 15.6. The molecule has 2 atom stereocenters. The minimum atomic E-state index is -1.73. The van der Waals surface area contributed by atoms with Crippen molar-refractivity contribution in [3.63, 3.8) is 0 Å². The molecule has 0 aliphatic carbocycles. The van der Waals surface area contributed by atoms with Crippen LogP contribution in [0.25, 0.3) is 0 Å². The van der Waals surface area contributed by atoms with E-state index in [0.29, 0.717) is 19.4 Å². The van der Waals surface area contributed by atoms with Crippen LogP contribution in [0.4, 0.5) is 0 Å². The van der Waals surface area contributed by atoms with Gasteiger partial charge in [0.25, 0.3) is 0 Å². The summed E-state index contributed by atoms with van der Waals surface area (Å²) in [4.78, 5) is 36.7. The monoisotopic (exact) mass is 443 g/mol. The standard InChI is InChI=1S/C16H24Cl3N3O5/c1-9(11(20)14(25)27-15(2,3)4)12(23)22-7-5-6-10(21-22)13(24)26-8-16(17,18)19/h9-10,20-21H,5-8H2,1-4H3. The normalized spacial score (nSPS) is 19.2. The van der Waals surface area contributed by atoms with E-state index in [9.17, 15) is 14.4 Å². The van der Waals surface area contributed by atoms with Gasteiger partial charge >= 0.3 is 11.9 Å². The van der Waals surface area contributed by atoms with Crippen LogP contribution < -0.4 is 5.43 Å². The number of carbonyl (C=O) groups excluding carboxylic acids is 3. The van der Waals surface area contributed by atoms with Crippen LogP contribution in [0.3, 0.4) is 0 Å². The Bertz CT molecular complexity index is 601. The molecule has 0 bridgehead atoms. The van der Waals surface area contributed by atoms with Crippen LogP contribution in [0.5, 0.6) is 0 Å². The highest BCUT2D eigenvalue weighted by Gasteiger charge is 2.35. The third-order valence-corrected chi connectivity index (χ3v) is 3.86. The van der Waals surface area contributed by atoms with Crippen LogP contribution in [0.15, 0.2) is 0 Å². The van der Waals surface area contributed by atoms with Crippen molar-refractivity contribution in [1.29, 1.82) is 5.41 Å². The van der Waals surface area contributed by atoms with Gasteiger partial charge in [-0.05, 0) is 40.5 Å². The van der Waals surface area contributed by atoms with Crippen molar-refractivity contribution in [3.8, 4) is 0 Å². The first-order chi connectivity index (χ1) is 12.2. The lowest BCUT2D eigenvalue weighted by Gasteiger charge is -2.34. The molecule has 0 aromatic heterocycles. The van der Waals surface area contributed by atoms with Crippen LogP contribution >= 0.6 is 34.8 Å². The van der Waals surface area contributed by atoms with E-state index in [1.807, 2.05) is 0 Å². The van der Waals surface area contributed by atoms with Gasteiger partial charge in [-0.3, -0.25) is 20.0 Å². The Kier molecular flexibility index (Phi) is 8.34. The number of alkyl halides is 3. The second-order valence-electron chi connectivity index (χ2n) is 7.17. The highest BCUT2D eigenvalue weighted by molar-refractivity contribution is 6.67. The Hall–Kier alpha value is -1.09. The van der Waals surface area contributed by atoms with Crippen molar-refractivity contribution in [1.82, 2.24) is 10.4 Å². The van der Waals surface area contributed by atoms with E-state index in [1.165, 1.54) is 11.9 Å². The molecule has 0 radical (unpaired) electrons. The van der Waals surface area contributed by atoms with E-state index in [-0.39, 0.29) is 0 Å². The molecule has 0 aromatic carbocycles. The highest BCUT2D eigenvalue weighted by atomic mass is 35.6. The lowest BCUT2D eigenvalue weighted by molar-refractivity contribution is -0.153. The number of hydrogen-bond acceptors (Lipinski definition) is 7. The average Bonchev–Trinajstić information content (AvgIpc) is 2.55. The maximum absolute atomic E-state index is 12.6. The number of nitrogens with zero attached hydrogens (tertiary/aromatic N) is 1. The number of ether oxygens (including phenoxy) is 2. The number of nitrogens with one attached hydrogen (secondary N) is 2. The van der Waals surface area contributed by atoms with E-state index in [0.717, 1.165) is 0 Å². The molecular weight excluding hydrogens is 421 g/mol. The summed E-state index contributed by atoms with van der Waals surface area (Å²) in [6, 6.07) is -0.794. The average molecular weight is 445 g/mol. The zero-order chi connectivity index (χ0) is 21.0. The first-order valence-corrected chi connectivity index (χ1v) is 9.47. The number of halogens is 3. The number of amides is 1. The molecule has 1 rings (SSSR count). The summed E-state index contributed by atoms with van der Waals surface area (Å²) in [5.41, 5.74) is 1.51. The predicted molar refractivity (Wildman–Crippen MR) is 102 cm³/mol. The minimum Gasteiger partial charge on any atom is -0.460 e. The van der Waals surface area contributed by atoms with Crippen molar-refractivity contribution >= 4 is 58.4 Å². The molecule has 1 aliphatic rings. The summed E-state index contributed by atoms with van der Waals surface area (Å²) in [6.45, 7) is 6.35. The summed E-state index contributed by atoms with van der Waals surface area (Å²) >= 11 is 16.6. The van der Waals surface area contributed by atoms with Crippen LogP contribution in [-0.4, -0.2) is 57.2 Å². The smallest absolute Gasteiger partial charge is 0.353 e. The Morgan fingerprint density at radius 1 is 1.26 bits per heavy atom. The number of hydrogen-bond donors (Lipinski definition) is 2. The van der Waals surface area contributed by atoms with Crippen molar-refractivity contribution in [3.05, 3.63) is 0 Å². The third kappa shape index (κ3) is 8.21. The lowest BCUT2D eigenvalue weighted by Crippen LogP contribution is -2.57. The summed E-state index contributed by atoms with van der Waals surface area (Å²) in [5.74, 6) is -3.08. The van der Waals surface area contributed by atoms with Crippen LogP contribution in [0.1, 0.15) is 40.5 Å². The Morgan fingerprint density at radius 3 is 2.37 bits per heavy atom. The quantitative estimate of drug-likeness (QED) is 0.383. The van der Waals surface area contributed by atoms with Crippen molar-refractivity contribution in [2.75, 3.05) is 13.2 Å². The lowest BCUT2D eigenvalue weighted by atomic mass is 10.0. The van der Waals surface area contributed by atoms with Crippen LogP contribution in [0.2, 0.25) is 0 Å². The van der Waals surface area contributed by atoms with Gasteiger partial charge in [-0.25, -0.2) is 10.2 Å². The largest absolute Gasteiger partial charge is 0.460 e. The molecule has 1 amide bonds. The molecule has 27 heavy (non-hydrogen) atoms. The number of esters is 2. The van der Waals surface area contributed by atoms with Gasteiger partial charge in [-0.15, -0.1) is 0 Å². The molecule has 1 heterocycles. The number of rotatable bonds is 5. The van der Waals surface area contributed by atoms with E-state index in [4.69, 9.17) is 49.7 Å². The molecule has 0 saturated carbocycles. The number of hydrazine groups is 1. The molecule has 2 N–H and O–H groups in total. The van der Waals surface area contributed by atoms with Gasteiger partial charge < -0.3 is 9.47 Å². The summed E-state index contributed by atoms with van der Waals surface area (Å²) < 4.78 is 8.31. The summed E-state index contributed by atoms with van der Waals surface area (Å²) in [5, 5.41) is 9.12. The van der Waals surface area contributed by atoms with E-state index in [2.05, 4.69) is 5.43 Å². The molecule has 0 spiro atoms. The molecule has 8 nitrogen and oxygen atoms in total. The molecular formula is C16H24Cl3N3O5. The Balaban J connectivity index is 2.67. The van der Waals surface area contributed by atoms with Crippen molar-refractivity contribution in [2.45, 2.75) is 56.0 Å². The summed E-state index contributed by atoms with van der Waals surface area (Å²) in [7, 11) is 0. The first kappa shape index (κ1) is 23.9. The van der Waals surface area contributed by atoms with E-state index < -0.39 is 51.5 Å². The van der Waals surface area contributed by atoms with E-state index >= 15 is 0 Å². The predicted octanol–water partition coefficient (Wildman–Crippen LogP) is 2.39. The zero-order valence-corrected chi connectivity index (χ0v) is 17.9. The third-order valence-electron chi connectivity index (χ3n) is 3.54. The van der Waals surface area contributed by atoms with Gasteiger partial charge in [0.2, 0.25) is 9.70 Å². The molecule has 2 unspecified atom stereocenters. The second kappa shape index (κ2) is 9.41. The molecule has 1 fully saturated rings. The van der Waals surface area contributed by atoms with Gasteiger partial charge in [-0.2, -0.15) is 0 Å². The molecule has 11 heteroatoms. The fraction of sp³-hybridized carbons (Fsp3) is 0.750. The highest BCUT2D eigenvalue weighted by Crippen LogP contribution is 2.26.